The van der Waals surface area contributed by atoms with Crippen molar-refractivity contribution in [3.05, 3.63) is 0 Å². The predicted molar refractivity (Wildman–Crippen MR) is 78.8 cm³/mol. The van der Waals surface area contributed by atoms with Gasteiger partial charge < -0.3 is 24.4 Å². The van der Waals surface area contributed by atoms with Gasteiger partial charge in [0.15, 0.2) is 0 Å². The van der Waals surface area contributed by atoms with E-state index >= 15 is 0 Å². The zero-order valence-electron chi connectivity index (χ0n) is 13.1. The van der Waals surface area contributed by atoms with E-state index < -0.39 is 0 Å². The number of rotatable bonds is 14. The van der Waals surface area contributed by atoms with Gasteiger partial charge in [-0.1, -0.05) is 13.8 Å². The van der Waals surface area contributed by atoms with Crippen LogP contribution in [0.2, 0.25) is 0 Å². The maximum atomic E-state index is 5.48. The van der Waals surface area contributed by atoms with Gasteiger partial charge in [0.05, 0.1) is 33.0 Å². The highest BCUT2D eigenvalue weighted by atomic mass is 16.5. The van der Waals surface area contributed by atoms with Crippen LogP contribution in [0, 0.1) is 0 Å². The van der Waals surface area contributed by atoms with Gasteiger partial charge in [-0.05, 0) is 20.0 Å². The molecule has 0 aliphatic rings. The van der Waals surface area contributed by atoms with Crippen molar-refractivity contribution in [3.63, 3.8) is 0 Å². The van der Waals surface area contributed by atoms with Crippen molar-refractivity contribution in [2.24, 2.45) is 0 Å². The first kappa shape index (κ1) is 18.8. The molecule has 19 heavy (non-hydrogen) atoms. The molecular formula is C14H32N2O3. The molecule has 0 aliphatic carbocycles. The van der Waals surface area contributed by atoms with Gasteiger partial charge in [0, 0.05) is 26.2 Å². The van der Waals surface area contributed by atoms with Crippen molar-refractivity contribution in [2.75, 3.05) is 66.3 Å². The molecule has 0 fully saturated rings. The fourth-order valence-corrected chi connectivity index (χ4v) is 1.78. The molecule has 0 aromatic carbocycles. The molecule has 0 spiro atoms. The van der Waals surface area contributed by atoms with Crippen LogP contribution < -0.4 is 5.32 Å². The number of methoxy groups -OCH3 is 1. The van der Waals surface area contributed by atoms with Crippen LogP contribution in [0.5, 0.6) is 0 Å². The Morgan fingerprint density at radius 2 is 1.53 bits per heavy atom. The quantitative estimate of drug-likeness (QED) is 0.479. The minimum absolute atomic E-state index is 0.501. The number of nitrogens with one attached hydrogen (secondary N) is 1. The lowest BCUT2D eigenvalue weighted by Gasteiger charge is -2.23. The highest BCUT2D eigenvalue weighted by Gasteiger charge is 2.05. The third-order valence-electron chi connectivity index (χ3n) is 2.97. The van der Waals surface area contributed by atoms with Crippen LogP contribution in [0.3, 0.4) is 0 Å². The summed E-state index contributed by atoms with van der Waals surface area (Å²) in [6, 6.07) is 0.501. The SMILES string of the molecule is CCN(CC)CC(C)NCCOCCOCCOC. The van der Waals surface area contributed by atoms with E-state index in [0.717, 1.165) is 32.8 Å². The second-order valence-corrected chi connectivity index (χ2v) is 4.56. The van der Waals surface area contributed by atoms with Crippen molar-refractivity contribution < 1.29 is 14.2 Å². The summed E-state index contributed by atoms with van der Waals surface area (Å²) in [5.74, 6) is 0. The third-order valence-corrected chi connectivity index (χ3v) is 2.97. The summed E-state index contributed by atoms with van der Waals surface area (Å²) in [6.45, 7) is 14.1. The van der Waals surface area contributed by atoms with Crippen molar-refractivity contribution in [1.29, 1.82) is 0 Å². The van der Waals surface area contributed by atoms with Crippen molar-refractivity contribution in [2.45, 2.75) is 26.8 Å². The fraction of sp³-hybridized carbons (Fsp3) is 1.00. The summed E-state index contributed by atoms with van der Waals surface area (Å²) in [5.41, 5.74) is 0. The second-order valence-electron chi connectivity index (χ2n) is 4.56. The van der Waals surface area contributed by atoms with E-state index in [4.69, 9.17) is 14.2 Å². The Labute approximate surface area is 118 Å². The first-order chi connectivity index (χ1) is 9.24. The average Bonchev–Trinajstić information content (AvgIpc) is 2.43. The molecule has 0 amide bonds. The van der Waals surface area contributed by atoms with E-state index in [9.17, 15) is 0 Å². The van der Waals surface area contributed by atoms with Crippen LogP contribution >= 0.6 is 0 Å². The molecule has 1 unspecified atom stereocenters. The van der Waals surface area contributed by atoms with Gasteiger partial charge in [-0.15, -0.1) is 0 Å². The van der Waals surface area contributed by atoms with E-state index in [0.29, 0.717) is 32.5 Å². The summed E-state index contributed by atoms with van der Waals surface area (Å²) in [4.78, 5) is 2.42. The third kappa shape index (κ3) is 12.6. The van der Waals surface area contributed by atoms with Crippen LogP contribution in [0.4, 0.5) is 0 Å². The van der Waals surface area contributed by atoms with Crippen LogP contribution in [0.1, 0.15) is 20.8 Å². The number of hydrogen-bond donors (Lipinski definition) is 1. The molecule has 0 heterocycles. The summed E-state index contributed by atoms with van der Waals surface area (Å²) in [5, 5.41) is 3.47. The molecule has 0 saturated heterocycles. The van der Waals surface area contributed by atoms with E-state index in [1.54, 1.807) is 7.11 Å². The van der Waals surface area contributed by atoms with Gasteiger partial charge >= 0.3 is 0 Å². The minimum Gasteiger partial charge on any atom is -0.382 e. The molecule has 0 saturated carbocycles. The summed E-state index contributed by atoms with van der Waals surface area (Å²) >= 11 is 0. The molecule has 0 aromatic heterocycles. The van der Waals surface area contributed by atoms with Gasteiger partial charge in [-0.25, -0.2) is 0 Å². The Bertz CT molecular complexity index is 178. The maximum Gasteiger partial charge on any atom is 0.0701 e. The van der Waals surface area contributed by atoms with Gasteiger partial charge in [0.1, 0.15) is 0 Å². The number of ether oxygens (including phenoxy) is 3. The van der Waals surface area contributed by atoms with Crippen molar-refractivity contribution >= 4 is 0 Å². The summed E-state index contributed by atoms with van der Waals surface area (Å²) in [7, 11) is 1.67. The number of hydrogen-bond acceptors (Lipinski definition) is 5. The minimum atomic E-state index is 0.501. The molecule has 1 atom stereocenters. The van der Waals surface area contributed by atoms with E-state index in [-0.39, 0.29) is 0 Å². The highest BCUT2D eigenvalue weighted by molar-refractivity contribution is 4.65. The molecule has 0 radical (unpaired) electrons. The Morgan fingerprint density at radius 1 is 0.947 bits per heavy atom. The number of likely N-dealkylation sites (N-methyl/N-ethyl adjacent to an activating group) is 1. The molecule has 0 aliphatic heterocycles. The van der Waals surface area contributed by atoms with Gasteiger partial charge in [0.25, 0.3) is 0 Å². The lowest BCUT2D eigenvalue weighted by Crippen LogP contribution is -2.40. The number of nitrogens with zero attached hydrogens (tertiary/aromatic N) is 1. The van der Waals surface area contributed by atoms with Gasteiger partial charge in [-0.2, -0.15) is 0 Å². The molecular weight excluding hydrogens is 244 g/mol. The lowest BCUT2D eigenvalue weighted by molar-refractivity contribution is 0.0251. The van der Waals surface area contributed by atoms with E-state index in [1.165, 1.54) is 0 Å². The standard InChI is InChI=1S/C14H32N2O3/c1-5-16(6-2)13-14(3)15-7-8-18-11-12-19-10-9-17-4/h14-15H,5-13H2,1-4H3. The summed E-state index contributed by atoms with van der Waals surface area (Å²) in [6.07, 6.45) is 0. The van der Waals surface area contributed by atoms with Crippen LogP contribution in [-0.4, -0.2) is 77.3 Å². The maximum absolute atomic E-state index is 5.48. The summed E-state index contributed by atoms with van der Waals surface area (Å²) < 4.78 is 15.7. The Balaban J connectivity index is 3.24. The normalized spacial score (nSPS) is 13.1. The van der Waals surface area contributed by atoms with Crippen molar-refractivity contribution in [1.82, 2.24) is 10.2 Å². The van der Waals surface area contributed by atoms with Gasteiger partial charge in [-0.3, -0.25) is 0 Å². The van der Waals surface area contributed by atoms with Gasteiger partial charge in [0.2, 0.25) is 0 Å². The predicted octanol–water partition coefficient (Wildman–Crippen LogP) is 0.986. The molecule has 0 aromatic rings. The van der Waals surface area contributed by atoms with Crippen LogP contribution in [0.25, 0.3) is 0 Å². The lowest BCUT2D eigenvalue weighted by atomic mass is 10.3. The average molecular weight is 276 g/mol. The van der Waals surface area contributed by atoms with Crippen molar-refractivity contribution in [3.8, 4) is 0 Å². The largest absolute Gasteiger partial charge is 0.382 e. The molecule has 116 valence electrons. The Hall–Kier alpha value is -0.200. The fourth-order valence-electron chi connectivity index (χ4n) is 1.78. The molecule has 0 rings (SSSR count). The second kappa shape index (κ2) is 14.2. The molecule has 5 nitrogen and oxygen atoms in total. The molecule has 5 heteroatoms. The van der Waals surface area contributed by atoms with E-state index in [2.05, 4.69) is 31.0 Å². The molecule has 0 bridgehead atoms. The smallest absolute Gasteiger partial charge is 0.0701 e. The zero-order chi connectivity index (χ0) is 14.3. The zero-order valence-corrected chi connectivity index (χ0v) is 13.1. The van der Waals surface area contributed by atoms with Crippen LogP contribution in [0.15, 0.2) is 0 Å². The molecule has 1 N–H and O–H groups in total. The van der Waals surface area contributed by atoms with E-state index in [1.807, 2.05) is 0 Å². The Morgan fingerprint density at radius 3 is 2.11 bits per heavy atom. The topological polar surface area (TPSA) is 43.0 Å². The monoisotopic (exact) mass is 276 g/mol. The first-order valence-electron chi connectivity index (χ1n) is 7.34. The first-order valence-corrected chi connectivity index (χ1v) is 7.34. The van der Waals surface area contributed by atoms with Crippen LogP contribution in [-0.2, 0) is 14.2 Å². The highest BCUT2D eigenvalue weighted by Crippen LogP contribution is 1.91. The Kier molecular flexibility index (Phi) is 14.1.